The molecule has 0 aliphatic heterocycles. The van der Waals surface area contributed by atoms with Gasteiger partial charge in [-0.25, -0.2) is 9.59 Å². The van der Waals surface area contributed by atoms with E-state index in [0.29, 0.717) is 36.0 Å². The summed E-state index contributed by atoms with van der Waals surface area (Å²) in [5, 5.41) is 10.0. The first-order valence-electron chi connectivity index (χ1n) is 12.1. The highest BCUT2D eigenvalue weighted by Crippen LogP contribution is 2.38. The Balaban J connectivity index is 1.91. The first-order valence-corrected chi connectivity index (χ1v) is 12.1. The van der Waals surface area contributed by atoms with Gasteiger partial charge < -0.3 is 5.11 Å². The van der Waals surface area contributed by atoms with Crippen LogP contribution in [0, 0.1) is 0 Å². The number of hydrogen-bond donors (Lipinski definition) is 1. The third-order valence-electron chi connectivity index (χ3n) is 6.75. The third-order valence-corrected chi connectivity index (χ3v) is 6.75. The molecule has 0 saturated heterocycles. The molecule has 2 aromatic carbocycles. The Morgan fingerprint density at radius 2 is 1.71 bits per heavy atom. The van der Waals surface area contributed by atoms with E-state index in [4.69, 9.17) is 0 Å². The molecule has 0 unspecified atom stereocenters. The Labute approximate surface area is 201 Å². The van der Waals surface area contributed by atoms with Crippen molar-refractivity contribution < 1.29 is 23.1 Å². The lowest BCUT2D eigenvalue weighted by molar-refractivity contribution is -0.145. The van der Waals surface area contributed by atoms with Crippen LogP contribution in [0.4, 0.5) is 13.2 Å². The van der Waals surface area contributed by atoms with Gasteiger partial charge in [-0.1, -0.05) is 81.1 Å². The largest absolute Gasteiger partial charge is 0.478 e. The van der Waals surface area contributed by atoms with Crippen LogP contribution >= 0.6 is 0 Å². The molecule has 5 nitrogen and oxygen atoms in total. The molecule has 0 spiro atoms. The second kappa shape index (κ2) is 10.1. The lowest BCUT2D eigenvalue weighted by Gasteiger charge is -2.25. The number of hydrogen-bond acceptors (Lipinski definition) is 2. The molecule has 1 aliphatic carbocycles. The van der Waals surface area contributed by atoms with E-state index in [9.17, 15) is 27.9 Å². The number of rotatable bonds is 7. The fourth-order valence-corrected chi connectivity index (χ4v) is 5.25. The van der Waals surface area contributed by atoms with Crippen molar-refractivity contribution >= 4 is 5.97 Å². The molecule has 3 aromatic rings. The second-order valence-electron chi connectivity index (χ2n) is 9.08. The summed E-state index contributed by atoms with van der Waals surface area (Å²) in [4.78, 5) is 25.9. The maximum atomic E-state index is 14.3. The second-order valence-corrected chi connectivity index (χ2v) is 9.08. The van der Waals surface area contributed by atoms with Gasteiger partial charge in [0.05, 0.1) is 17.8 Å². The molecule has 35 heavy (non-hydrogen) atoms. The monoisotopic (exact) mass is 486 g/mol. The van der Waals surface area contributed by atoms with Crippen molar-refractivity contribution in [2.24, 2.45) is 0 Å². The minimum atomic E-state index is -4.69. The number of carboxylic acid groups (broad SMARTS) is 1. The average molecular weight is 487 g/mol. The van der Waals surface area contributed by atoms with E-state index in [1.54, 1.807) is 49.4 Å². The van der Waals surface area contributed by atoms with Gasteiger partial charge in [0, 0.05) is 6.04 Å². The van der Waals surface area contributed by atoms with Crippen LogP contribution in [0.25, 0.3) is 11.1 Å². The maximum absolute atomic E-state index is 14.3. The summed E-state index contributed by atoms with van der Waals surface area (Å²) in [5.41, 5.74) is -0.231. The number of aromatic carboxylic acids is 1. The van der Waals surface area contributed by atoms with Crippen LogP contribution in [0.1, 0.15) is 78.8 Å². The summed E-state index contributed by atoms with van der Waals surface area (Å²) in [5.74, 6) is -1.19. The summed E-state index contributed by atoms with van der Waals surface area (Å²) in [7, 11) is 0. The molecule has 0 bridgehead atoms. The highest BCUT2D eigenvalue weighted by atomic mass is 19.4. The molecular formula is C27H29F3N2O3. The van der Waals surface area contributed by atoms with Crippen molar-refractivity contribution in [3.63, 3.8) is 0 Å². The van der Waals surface area contributed by atoms with E-state index in [1.807, 2.05) is 6.07 Å². The zero-order chi connectivity index (χ0) is 25.2. The molecule has 4 rings (SSSR count). The van der Waals surface area contributed by atoms with Crippen LogP contribution in [0.5, 0.6) is 0 Å². The first-order chi connectivity index (χ1) is 16.7. The maximum Gasteiger partial charge on any atom is 0.433 e. The van der Waals surface area contributed by atoms with Crippen molar-refractivity contribution in [3.8, 4) is 11.1 Å². The number of aromatic nitrogens is 2. The van der Waals surface area contributed by atoms with Crippen LogP contribution in [0.3, 0.4) is 0 Å². The van der Waals surface area contributed by atoms with Gasteiger partial charge in [-0.3, -0.25) is 9.13 Å². The number of imidazole rings is 1. The fraction of sp³-hybridized carbons (Fsp3) is 0.407. The Morgan fingerprint density at radius 1 is 1.03 bits per heavy atom. The zero-order valence-electron chi connectivity index (χ0n) is 19.6. The number of carbonyl (C=O) groups is 1. The van der Waals surface area contributed by atoms with E-state index in [2.05, 4.69) is 0 Å². The van der Waals surface area contributed by atoms with E-state index in [-0.39, 0.29) is 24.2 Å². The van der Waals surface area contributed by atoms with Crippen molar-refractivity contribution in [2.75, 3.05) is 0 Å². The molecule has 1 N–H and O–H groups in total. The minimum Gasteiger partial charge on any atom is -0.478 e. The predicted molar refractivity (Wildman–Crippen MR) is 128 cm³/mol. The molecule has 1 saturated carbocycles. The van der Waals surface area contributed by atoms with Crippen LogP contribution in [-0.2, 0) is 19.1 Å². The Hall–Kier alpha value is -3.29. The SMILES string of the molecule is CCCc1c(C(F)(F)F)n(C2CCCCC2)c(=O)n1Cc1cccc(-c2ccccc2)c1C(=O)O. The van der Waals surface area contributed by atoms with Gasteiger partial charge in [-0.05, 0) is 36.0 Å². The summed E-state index contributed by atoms with van der Waals surface area (Å²) in [6, 6.07) is 13.4. The van der Waals surface area contributed by atoms with Gasteiger partial charge in [0.15, 0.2) is 0 Å². The highest BCUT2D eigenvalue weighted by molar-refractivity contribution is 5.97. The van der Waals surface area contributed by atoms with Gasteiger partial charge in [0.2, 0.25) is 0 Å². The van der Waals surface area contributed by atoms with E-state index in [0.717, 1.165) is 28.4 Å². The van der Waals surface area contributed by atoms with Crippen LogP contribution in [0.15, 0.2) is 53.3 Å². The lowest BCUT2D eigenvalue weighted by Crippen LogP contribution is -2.31. The summed E-state index contributed by atoms with van der Waals surface area (Å²) in [6.07, 6.45) is -0.615. The molecule has 1 aromatic heterocycles. The van der Waals surface area contributed by atoms with E-state index in [1.165, 1.54) is 0 Å². The Kier molecular flexibility index (Phi) is 7.19. The zero-order valence-corrected chi connectivity index (χ0v) is 19.6. The quantitative estimate of drug-likeness (QED) is 0.412. The molecule has 1 aliphatic rings. The third kappa shape index (κ3) is 4.92. The van der Waals surface area contributed by atoms with Gasteiger partial charge in [-0.15, -0.1) is 0 Å². The standard InChI is InChI=1S/C27H29F3N2O3/c1-2-10-22-24(27(28,29)30)32(20-14-7-4-8-15-20)26(35)31(22)17-19-13-9-16-21(23(19)25(33)34)18-11-5-3-6-12-18/h3,5-6,9,11-13,16,20H,2,4,7-8,10,14-15,17H2,1H3,(H,33,34). The van der Waals surface area contributed by atoms with Crippen LogP contribution in [-0.4, -0.2) is 20.2 Å². The predicted octanol–water partition coefficient (Wildman–Crippen LogP) is 6.54. The van der Waals surface area contributed by atoms with Crippen LogP contribution in [0.2, 0.25) is 0 Å². The van der Waals surface area contributed by atoms with Gasteiger partial charge in [-0.2, -0.15) is 13.2 Å². The lowest BCUT2D eigenvalue weighted by atomic mass is 9.95. The smallest absolute Gasteiger partial charge is 0.433 e. The average Bonchev–Trinajstić information content (AvgIpc) is 3.12. The van der Waals surface area contributed by atoms with Crippen molar-refractivity contribution in [1.29, 1.82) is 0 Å². The number of carboxylic acids is 1. The topological polar surface area (TPSA) is 64.2 Å². The molecule has 8 heteroatoms. The fourth-order valence-electron chi connectivity index (χ4n) is 5.25. The number of nitrogens with zero attached hydrogens (tertiary/aromatic N) is 2. The molecule has 186 valence electrons. The van der Waals surface area contributed by atoms with Gasteiger partial charge >= 0.3 is 17.8 Å². The van der Waals surface area contributed by atoms with Crippen molar-refractivity contribution in [2.45, 2.75) is 70.6 Å². The van der Waals surface area contributed by atoms with Crippen molar-refractivity contribution in [1.82, 2.24) is 9.13 Å². The molecule has 0 amide bonds. The molecule has 1 heterocycles. The number of benzene rings is 2. The summed E-state index contributed by atoms with van der Waals surface area (Å²) >= 11 is 0. The minimum absolute atomic E-state index is 0.00739. The van der Waals surface area contributed by atoms with E-state index >= 15 is 0 Å². The normalized spacial score (nSPS) is 14.9. The molecule has 1 fully saturated rings. The Morgan fingerprint density at radius 3 is 2.31 bits per heavy atom. The number of alkyl halides is 3. The van der Waals surface area contributed by atoms with Crippen molar-refractivity contribution in [3.05, 3.63) is 81.5 Å². The highest BCUT2D eigenvalue weighted by Gasteiger charge is 2.42. The van der Waals surface area contributed by atoms with Gasteiger partial charge in [0.1, 0.15) is 5.69 Å². The number of halogens is 3. The van der Waals surface area contributed by atoms with Gasteiger partial charge in [0.25, 0.3) is 0 Å². The van der Waals surface area contributed by atoms with Crippen LogP contribution < -0.4 is 5.69 Å². The molecule has 0 radical (unpaired) electrons. The van der Waals surface area contributed by atoms with E-state index < -0.39 is 29.6 Å². The Bertz CT molecular complexity index is 1250. The molecule has 0 atom stereocenters. The summed E-state index contributed by atoms with van der Waals surface area (Å²) < 4.78 is 45.1. The first kappa shape index (κ1) is 24.8. The molecular weight excluding hydrogens is 457 g/mol. The summed E-state index contributed by atoms with van der Waals surface area (Å²) in [6.45, 7) is 1.53.